The van der Waals surface area contributed by atoms with Crippen molar-refractivity contribution >= 4 is 57.6 Å². The predicted molar refractivity (Wildman–Crippen MR) is 136 cm³/mol. The van der Waals surface area contributed by atoms with Gasteiger partial charge in [-0.1, -0.05) is 0 Å². The van der Waals surface area contributed by atoms with E-state index in [0.29, 0.717) is 11.1 Å². The molecule has 3 heterocycles. The van der Waals surface area contributed by atoms with Crippen molar-refractivity contribution < 1.29 is 33.1 Å². The first-order chi connectivity index (χ1) is 18.1. The van der Waals surface area contributed by atoms with Crippen LogP contribution in [0.3, 0.4) is 0 Å². The molecule has 190 valence electrons. The average Bonchev–Trinajstić information content (AvgIpc) is 3.28. The second kappa shape index (κ2) is 8.96. The Morgan fingerprint density at radius 3 is 1.89 bits per heavy atom. The number of nitrogens with zero attached hydrogens (tertiary/aromatic N) is 2. The summed E-state index contributed by atoms with van der Waals surface area (Å²) in [5.41, 5.74) is -0.553. The zero-order chi connectivity index (χ0) is 27.3. The largest absolute Gasteiger partial charge is 0.497 e. The number of ether oxygens (including phenoxy) is 1. The fraction of sp³-hybridized carbons (Fsp3) is 0.111. The third-order valence-corrected chi connectivity index (χ3v) is 6.07. The van der Waals surface area contributed by atoms with E-state index in [2.05, 4.69) is 5.32 Å². The first-order valence-corrected chi connectivity index (χ1v) is 11.3. The lowest BCUT2D eigenvalue weighted by Gasteiger charge is -2.21. The molecule has 2 aromatic carbocycles. The number of rotatable bonds is 5. The van der Waals surface area contributed by atoms with Crippen molar-refractivity contribution in [2.75, 3.05) is 22.2 Å². The van der Waals surface area contributed by atoms with Gasteiger partial charge in [-0.05, 0) is 50.2 Å². The van der Waals surface area contributed by atoms with Crippen molar-refractivity contribution in [1.29, 1.82) is 0 Å². The molecule has 0 saturated heterocycles. The van der Waals surface area contributed by atoms with Crippen LogP contribution in [-0.2, 0) is 19.2 Å². The molecular formula is C27H19N3O8. The highest BCUT2D eigenvalue weighted by Gasteiger charge is 2.34. The molecule has 3 aromatic rings. The standard InChI is InChI=1S/C27H19N3O8/c1-13-6-22(31)29(25(13)34)17-9-16(10-18(11-17)30-23(32)7-14(2)26(30)35)28-24(33)20-8-15-4-5-19(37-3)12-21(15)38-27(20)36/h4-12H,1-3H3,(H,28,33). The minimum Gasteiger partial charge on any atom is -0.497 e. The van der Waals surface area contributed by atoms with Gasteiger partial charge in [0.2, 0.25) is 0 Å². The molecule has 0 atom stereocenters. The molecule has 0 fully saturated rings. The van der Waals surface area contributed by atoms with Crippen LogP contribution >= 0.6 is 0 Å². The Morgan fingerprint density at radius 1 is 0.816 bits per heavy atom. The maximum Gasteiger partial charge on any atom is 0.349 e. The molecule has 5 amide bonds. The van der Waals surface area contributed by atoms with Gasteiger partial charge in [0.25, 0.3) is 29.5 Å². The molecule has 5 rings (SSSR count). The van der Waals surface area contributed by atoms with Gasteiger partial charge in [-0.15, -0.1) is 0 Å². The minimum atomic E-state index is -0.908. The summed E-state index contributed by atoms with van der Waals surface area (Å²) in [5, 5.41) is 3.01. The van der Waals surface area contributed by atoms with E-state index in [4.69, 9.17) is 9.15 Å². The van der Waals surface area contributed by atoms with Gasteiger partial charge in [0.1, 0.15) is 16.9 Å². The van der Waals surface area contributed by atoms with Crippen LogP contribution < -0.4 is 25.5 Å². The smallest absolute Gasteiger partial charge is 0.349 e. The predicted octanol–water partition coefficient (Wildman–Crippen LogP) is 2.69. The fourth-order valence-corrected chi connectivity index (χ4v) is 4.17. The van der Waals surface area contributed by atoms with Crippen LogP contribution in [0.5, 0.6) is 5.75 Å². The Bertz CT molecular complexity index is 1660. The summed E-state index contributed by atoms with van der Waals surface area (Å²) in [6, 6.07) is 10.1. The summed E-state index contributed by atoms with van der Waals surface area (Å²) in [6.45, 7) is 2.95. The summed E-state index contributed by atoms with van der Waals surface area (Å²) < 4.78 is 10.4. The Hall–Kier alpha value is -5.32. The number of anilines is 3. The second-order valence-corrected chi connectivity index (χ2v) is 8.66. The summed E-state index contributed by atoms with van der Waals surface area (Å²) in [7, 11) is 1.46. The highest BCUT2D eigenvalue weighted by molar-refractivity contribution is 6.32. The van der Waals surface area contributed by atoms with Gasteiger partial charge in [-0.2, -0.15) is 0 Å². The molecule has 0 saturated carbocycles. The molecule has 2 aliphatic heterocycles. The summed E-state index contributed by atoms with van der Waals surface area (Å²) >= 11 is 0. The van der Waals surface area contributed by atoms with Crippen LogP contribution in [0.25, 0.3) is 11.0 Å². The first kappa shape index (κ1) is 24.4. The van der Waals surface area contributed by atoms with Gasteiger partial charge < -0.3 is 14.5 Å². The van der Waals surface area contributed by atoms with Crippen LogP contribution in [0.4, 0.5) is 17.1 Å². The number of hydrogen-bond acceptors (Lipinski definition) is 8. The van der Waals surface area contributed by atoms with Crippen molar-refractivity contribution in [3.8, 4) is 5.75 Å². The van der Waals surface area contributed by atoms with Crippen LogP contribution in [0.1, 0.15) is 24.2 Å². The molecule has 0 spiro atoms. The Labute approximate surface area is 214 Å². The number of carbonyl (C=O) groups excluding carboxylic acids is 5. The normalized spacial score (nSPS) is 15.3. The fourth-order valence-electron chi connectivity index (χ4n) is 4.17. The lowest BCUT2D eigenvalue weighted by atomic mass is 10.1. The summed E-state index contributed by atoms with van der Waals surface area (Å²) in [5.74, 6) is -2.82. The van der Waals surface area contributed by atoms with Gasteiger partial charge in [0.05, 0.1) is 18.5 Å². The average molecular weight is 513 g/mol. The second-order valence-electron chi connectivity index (χ2n) is 8.66. The van der Waals surface area contributed by atoms with Gasteiger partial charge in [-0.25, -0.2) is 14.6 Å². The molecule has 1 aromatic heterocycles. The molecule has 11 heteroatoms. The third-order valence-electron chi connectivity index (χ3n) is 6.07. The molecule has 0 unspecified atom stereocenters. The molecule has 0 bridgehead atoms. The molecule has 0 radical (unpaired) electrons. The number of nitrogens with one attached hydrogen (secondary N) is 1. The van der Waals surface area contributed by atoms with E-state index in [1.165, 1.54) is 51.3 Å². The highest BCUT2D eigenvalue weighted by Crippen LogP contribution is 2.33. The van der Waals surface area contributed by atoms with Crippen molar-refractivity contribution in [2.24, 2.45) is 0 Å². The van der Waals surface area contributed by atoms with Crippen LogP contribution in [0, 0.1) is 0 Å². The van der Waals surface area contributed by atoms with E-state index in [1.807, 2.05) is 0 Å². The van der Waals surface area contributed by atoms with Crippen molar-refractivity contribution in [3.05, 3.63) is 81.7 Å². The first-order valence-electron chi connectivity index (χ1n) is 11.3. The van der Waals surface area contributed by atoms with Gasteiger partial charge in [0.15, 0.2) is 0 Å². The van der Waals surface area contributed by atoms with Gasteiger partial charge in [-0.3, -0.25) is 24.0 Å². The topological polar surface area (TPSA) is 143 Å². The minimum absolute atomic E-state index is 0.0173. The van der Waals surface area contributed by atoms with Crippen molar-refractivity contribution in [2.45, 2.75) is 13.8 Å². The zero-order valence-corrected chi connectivity index (χ0v) is 20.4. The zero-order valence-electron chi connectivity index (χ0n) is 20.4. The van der Waals surface area contributed by atoms with Gasteiger partial charge >= 0.3 is 5.63 Å². The molecule has 11 nitrogen and oxygen atoms in total. The maximum absolute atomic E-state index is 13.1. The maximum atomic E-state index is 13.1. The third kappa shape index (κ3) is 4.05. The number of carbonyl (C=O) groups is 5. The number of hydrogen-bond donors (Lipinski definition) is 1. The molecule has 2 aliphatic rings. The Balaban J connectivity index is 1.56. The van der Waals surface area contributed by atoms with E-state index >= 15 is 0 Å². The monoisotopic (exact) mass is 513 g/mol. The van der Waals surface area contributed by atoms with Gasteiger partial charge in [0, 0.05) is 40.4 Å². The molecule has 0 aliphatic carbocycles. The number of fused-ring (bicyclic) bond motifs is 1. The van der Waals surface area contributed by atoms with Crippen LogP contribution in [0.2, 0.25) is 0 Å². The van der Waals surface area contributed by atoms with E-state index in [1.54, 1.807) is 12.1 Å². The molecular weight excluding hydrogens is 494 g/mol. The highest BCUT2D eigenvalue weighted by atomic mass is 16.5. The quantitative estimate of drug-likeness (QED) is 0.405. The SMILES string of the molecule is COc1ccc2cc(C(=O)Nc3cc(N4C(=O)C=C(C)C4=O)cc(N4C(=O)C=C(C)C4=O)c3)c(=O)oc2c1. The number of imide groups is 2. The van der Waals surface area contributed by atoms with Crippen molar-refractivity contribution in [1.82, 2.24) is 0 Å². The van der Waals surface area contributed by atoms with E-state index < -0.39 is 35.2 Å². The number of amides is 5. The van der Waals surface area contributed by atoms with Crippen LogP contribution in [0.15, 0.2) is 75.0 Å². The number of methoxy groups -OCH3 is 1. The molecule has 38 heavy (non-hydrogen) atoms. The van der Waals surface area contributed by atoms with E-state index in [-0.39, 0.29) is 39.4 Å². The Morgan fingerprint density at radius 2 is 1.39 bits per heavy atom. The van der Waals surface area contributed by atoms with Crippen LogP contribution in [-0.4, -0.2) is 36.6 Å². The summed E-state index contributed by atoms with van der Waals surface area (Å²) in [6.07, 6.45) is 2.31. The van der Waals surface area contributed by atoms with E-state index in [9.17, 15) is 28.8 Å². The summed E-state index contributed by atoms with van der Waals surface area (Å²) in [4.78, 5) is 77.7. The lowest BCUT2D eigenvalue weighted by molar-refractivity contribution is -0.121. The number of benzene rings is 2. The lowest BCUT2D eigenvalue weighted by Crippen LogP contribution is -2.33. The van der Waals surface area contributed by atoms with Crippen molar-refractivity contribution in [3.63, 3.8) is 0 Å². The Kier molecular flexibility index (Phi) is 5.75. The molecule has 1 N–H and O–H groups in total. The van der Waals surface area contributed by atoms with E-state index in [0.717, 1.165) is 22.0 Å².